The molecule has 230 valence electrons. The zero-order chi connectivity index (χ0) is 32.6. The van der Waals surface area contributed by atoms with Crippen molar-refractivity contribution in [2.45, 2.75) is 15.2 Å². The Morgan fingerprint density at radius 2 is 0.891 bits per heavy atom. The van der Waals surface area contributed by atoms with Gasteiger partial charge in [0.25, 0.3) is 0 Å². The molecule has 7 rings (SSSR count). The van der Waals surface area contributed by atoms with Crippen LogP contribution >= 0.6 is 23.2 Å². The fourth-order valence-electron chi connectivity index (χ4n) is 6.04. The summed E-state index contributed by atoms with van der Waals surface area (Å²) in [6.45, 7) is 0. The fourth-order valence-corrected chi connectivity index (χ4v) is 7.78. The van der Waals surface area contributed by atoms with Crippen LogP contribution in [-0.2, 0) is 15.3 Å². The second-order valence-corrected chi connectivity index (χ2v) is 13.7. The monoisotopic (exact) mass is 664 g/mol. The molecule has 0 bridgehead atoms. The van der Waals surface area contributed by atoms with Crippen molar-refractivity contribution in [3.63, 3.8) is 0 Å². The third kappa shape index (κ3) is 5.32. The number of fused-ring (bicyclic) bond motifs is 3. The maximum atomic E-state index is 12.2. The molecule has 8 N–H and O–H groups in total. The molecule has 0 spiro atoms. The van der Waals surface area contributed by atoms with Crippen molar-refractivity contribution in [3.05, 3.63) is 166 Å². The predicted molar refractivity (Wildman–Crippen MR) is 190 cm³/mol. The molecule has 1 aliphatic carbocycles. The van der Waals surface area contributed by atoms with Crippen LogP contribution in [0.5, 0.6) is 0 Å². The molecule has 6 aromatic carbocycles. The summed E-state index contributed by atoms with van der Waals surface area (Å²) in [5, 5.41) is 1.07. The molecule has 6 aromatic rings. The highest BCUT2D eigenvalue weighted by molar-refractivity contribution is 7.91. The summed E-state index contributed by atoms with van der Waals surface area (Å²) >= 11 is 13.0. The fraction of sp³-hybridized carbons (Fsp3) is 0.0270. The van der Waals surface area contributed by atoms with Gasteiger partial charge in [0.1, 0.15) is 0 Å². The molecule has 0 saturated heterocycles. The van der Waals surface area contributed by atoms with Gasteiger partial charge in [-0.15, -0.1) is 0 Å². The second kappa shape index (κ2) is 12.1. The van der Waals surface area contributed by atoms with Crippen molar-refractivity contribution >= 4 is 55.8 Å². The molecule has 0 unspecified atom stereocenters. The summed E-state index contributed by atoms with van der Waals surface area (Å²) < 4.78 is 24.5. The van der Waals surface area contributed by atoms with Crippen molar-refractivity contribution < 1.29 is 8.42 Å². The molecule has 0 aromatic heterocycles. The summed E-state index contributed by atoms with van der Waals surface area (Å²) in [5.74, 6) is 0. The molecule has 0 saturated carbocycles. The summed E-state index contributed by atoms with van der Waals surface area (Å²) in [6, 6.07) is 41.0. The maximum Gasteiger partial charge on any atom is 0.206 e. The van der Waals surface area contributed by atoms with Crippen LogP contribution in [0.1, 0.15) is 22.3 Å². The number of halogens is 2. The minimum Gasteiger partial charge on any atom is -0.399 e. The maximum absolute atomic E-state index is 12.2. The molecular formula is C37H30Cl2N4O2S. The minimum absolute atomic E-state index is 0.170. The molecule has 9 heteroatoms. The summed E-state index contributed by atoms with van der Waals surface area (Å²) in [6.07, 6.45) is 0. The Labute approximate surface area is 278 Å². The van der Waals surface area contributed by atoms with Gasteiger partial charge in [-0.2, -0.15) is 0 Å². The van der Waals surface area contributed by atoms with Gasteiger partial charge in [-0.05, 0) is 94.0 Å². The normalized spacial score (nSPS) is 12.8. The molecule has 0 heterocycles. The molecule has 0 atom stereocenters. The number of benzene rings is 6. The molecule has 0 amide bonds. The zero-order valence-corrected chi connectivity index (χ0v) is 26.8. The van der Waals surface area contributed by atoms with Gasteiger partial charge in [0.2, 0.25) is 9.84 Å². The van der Waals surface area contributed by atoms with E-state index >= 15 is 0 Å². The lowest BCUT2D eigenvalue weighted by molar-refractivity contribution is 0.596. The molecule has 0 aliphatic heterocycles. The SMILES string of the molecule is Nc1ccc(C2(c3ccc(N)c(Cl)c3)c3ccccc3-c3ccccc32)cc1Cl.Nc1cccc(S(=O)(=O)c2cccc(N)c2)c1. The third-order valence-electron chi connectivity index (χ3n) is 8.16. The van der Waals surface area contributed by atoms with Crippen molar-refractivity contribution in [2.75, 3.05) is 22.9 Å². The van der Waals surface area contributed by atoms with Crippen LogP contribution in [0.15, 0.2) is 143 Å². The highest BCUT2D eigenvalue weighted by Gasteiger charge is 2.46. The van der Waals surface area contributed by atoms with E-state index in [9.17, 15) is 8.42 Å². The topological polar surface area (TPSA) is 138 Å². The molecule has 46 heavy (non-hydrogen) atoms. The van der Waals surface area contributed by atoms with E-state index in [4.69, 9.17) is 46.1 Å². The van der Waals surface area contributed by atoms with Gasteiger partial charge in [0, 0.05) is 11.4 Å². The number of hydrogen-bond acceptors (Lipinski definition) is 6. The van der Waals surface area contributed by atoms with Crippen LogP contribution in [0.25, 0.3) is 11.1 Å². The van der Waals surface area contributed by atoms with E-state index in [2.05, 4.69) is 48.5 Å². The lowest BCUT2D eigenvalue weighted by Gasteiger charge is -2.34. The number of anilines is 4. The lowest BCUT2D eigenvalue weighted by Crippen LogP contribution is -2.28. The largest absolute Gasteiger partial charge is 0.399 e. The number of sulfone groups is 1. The first kappa shape index (κ1) is 31.0. The highest BCUT2D eigenvalue weighted by Crippen LogP contribution is 2.56. The zero-order valence-electron chi connectivity index (χ0n) is 24.5. The van der Waals surface area contributed by atoms with E-state index in [1.165, 1.54) is 46.5 Å². The van der Waals surface area contributed by atoms with Gasteiger partial charge in [0.05, 0.1) is 36.6 Å². The van der Waals surface area contributed by atoms with E-state index in [0.717, 1.165) is 11.1 Å². The molecule has 6 nitrogen and oxygen atoms in total. The van der Waals surface area contributed by atoms with Gasteiger partial charge in [-0.3, -0.25) is 0 Å². The van der Waals surface area contributed by atoms with E-state index in [1.807, 2.05) is 36.4 Å². The smallest absolute Gasteiger partial charge is 0.206 e. The first-order valence-corrected chi connectivity index (χ1v) is 16.5. The Bertz CT molecular complexity index is 2070. The van der Waals surface area contributed by atoms with Crippen LogP contribution in [0, 0.1) is 0 Å². The molecule has 0 radical (unpaired) electrons. The number of rotatable bonds is 4. The Balaban J connectivity index is 0.000000187. The lowest BCUT2D eigenvalue weighted by atomic mass is 9.67. The summed E-state index contributed by atoms with van der Waals surface area (Å²) in [4.78, 5) is 0.339. The van der Waals surface area contributed by atoms with Gasteiger partial charge in [-0.25, -0.2) is 8.42 Å². The van der Waals surface area contributed by atoms with Crippen LogP contribution in [0.4, 0.5) is 22.7 Å². The van der Waals surface area contributed by atoms with Crippen LogP contribution in [0.3, 0.4) is 0 Å². The Morgan fingerprint density at radius 3 is 1.28 bits per heavy atom. The Kier molecular flexibility index (Phi) is 8.17. The van der Waals surface area contributed by atoms with E-state index in [1.54, 1.807) is 24.3 Å². The number of nitrogens with two attached hydrogens (primary N) is 4. The number of hydrogen-bond donors (Lipinski definition) is 4. The second-order valence-electron chi connectivity index (χ2n) is 11.0. The average molecular weight is 666 g/mol. The van der Waals surface area contributed by atoms with E-state index in [0.29, 0.717) is 32.8 Å². The van der Waals surface area contributed by atoms with Crippen LogP contribution in [0.2, 0.25) is 10.0 Å². The Morgan fingerprint density at radius 1 is 0.478 bits per heavy atom. The first-order chi connectivity index (χ1) is 22.0. The third-order valence-corrected chi connectivity index (χ3v) is 10.6. The van der Waals surface area contributed by atoms with Crippen LogP contribution < -0.4 is 22.9 Å². The van der Waals surface area contributed by atoms with E-state index in [-0.39, 0.29) is 9.79 Å². The van der Waals surface area contributed by atoms with Gasteiger partial charge in [-0.1, -0.05) is 96.0 Å². The van der Waals surface area contributed by atoms with Crippen LogP contribution in [-0.4, -0.2) is 8.42 Å². The van der Waals surface area contributed by atoms with Crippen molar-refractivity contribution in [1.82, 2.24) is 0 Å². The summed E-state index contributed by atoms with van der Waals surface area (Å²) in [5.41, 5.74) is 31.4. The standard InChI is InChI=1S/C25H18Cl2N2.C12H12N2O2S/c26-21-13-15(9-11-23(21)28)25(16-10-12-24(29)22(27)14-16)19-7-3-1-5-17(19)18-6-2-4-8-20(18)25;13-9-3-1-5-11(7-9)17(15,16)12-6-2-4-10(14)8-12/h1-14H,28-29H2;1-8H,13-14H2. The summed E-state index contributed by atoms with van der Waals surface area (Å²) in [7, 11) is -3.54. The van der Waals surface area contributed by atoms with Crippen molar-refractivity contribution in [2.24, 2.45) is 0 Å². The first-order valence-electron chi connectivity index (χ1n) is 14.3. The quantitative estimate of drug-likeness (QED) is 0.140. The van der Waals surface area contributed by atoms with Crippen molar-refractivity contribution in [3.8, 4) is 11.1 Å². The van der Waals surface area contributed by atoms with E-state index < -0.39 is 15.3 Å². The molecule has 0 fully saturated rings. The predicted octanol–water partition coefficient (Wildman–Crippen LogP) is 8.20. The molecule has 1 aliphatic rings. The van der Waals surface area contributed by atoms with Crippen molar-refractivity contribution in [1.29, 1.82) is 0 Å². The molecular weight excluding hydrogens is 635 g/mol. The van der Waals surface area contributed by atoms with Gasteiger partial charge in [0.15, 0.2) is 0 Å². The minimum atomic E-state index is -3.54. The highest BCUT2D eigenvalue weighted by atomic mass is 35.5. The Hall–Kier alpha value is -4.95. The van der Waals surface area contributed by atoms with Gasteiger partial charge >= 0.3 is 0 Å². The average Bonchev–Trinajstić information content (AvgIpc) is 3.35. The number of nitrogen functional groups attached to an aromatic ring is 4. The van der Waals surface area contributed by atoms with Gasteiger partial charge < -0.3 is 22.9 Å².